The molecule has 150 valence electrons. The van der Waals surface area contributed by atoms with Crippen LogP contribution in [0, 0.1) is 5.92 Å². The van der Waals surface area contributed by atoms with Crippen LogP contribution < -0.4 is 24.4 Å². The van der Waals surface area contributed by atoms with Crippen LogP contribution in [0.15, 0.2) is 48.5 Å². The first kappa shape index (κ1) is 18.9. The summed E-state index contributed by atoms with van der Waals surface area (Å²) >= 11 is 0. The van der Waals surface area contributed by atoms with Gasteiger partial charge in [-0.3, -0.25) is 9.59 Å². The summed E-state index contributed by atoms with van der Waals surface area (Å²) in [5.41, 5.74) is 1.69. The van der Waals surface area contributed by atoms with Crippen molar-refractivity contribution in [3.05, 3.63) is 54.1 Å². The lowest BCUT2D eigenvalue weighted by atomic mass is 10.1. The van der Waals surface area contributed by atoms with Gasteiger partial charge in [-0.05, 0) is 35.9 Å². The number of rotatable bonds is 6. The monoisotopic (exact) mass is 394 g/mol. The highest BCUT2D eigenvalue weighted by Gasteiger charge is 2.31. The van der Waals surface area contributed by atoms with E-state index in [1.807, 2.05) is 42.5 Å². The Labute approximate surface area is 168 Å². The van der Waals surface area contributed by atoms with Crippen molar-refractivity contribution < 1.29 is 23.8 Å². The van der Waals surface area contributed by atoms with Crippen LogP contribution in [0.4, 0.5) is 5.69 Å². The molecule has 2 aliphatic heterocycles. The Kier molecular flexibility index (Phi) is 5.37. The molecule has 2 aromatic rings. The minimum Gasteiger partial charge on any atom is -0.497 e. The van der Waals surface area contributed by atoms with Gasteiger partial charge in [-0.25, -0.2) is 0 Å². The third-order valence-electron chi connectivity index (χ3n) is 4.98. The molecule has 0 bridgehead atoms. The maximum atomic E-state index is 12.4. The predicted octanol–water partition coefficient (Wildman–Crippen LogP) is 2.61. The first-order chi connectivity index (χ1) is 14.1. The van der Waals surface area contributed by atoms with Crippen molar-refractivity contribution >= 4 is 23.6 Å². The standard InChI is InChI=1S/C22H22N2O5/c1-27-18-6-2-15(3-7-18)4-9-21(25)23-12-16-10-22(26)24(13-16)17-5-8-19-20(11-17)29-14-28-19/h2-9,11,16H,10,12-14H2,1H3,(H,23,25)/b9-4+. The van der Waals surface area contributed by atoms with Crippen molar-refractivity contribution in [3.63, 3.8) is 0 Å². The van der Waals surface area contributed by atoms with Crippen molar-refractivity contribution in [1.82, 2.24) is 5.32 Å². The van der Waals surface area contributed by atoms with Crippen LogP contribution in [-0.4, -0.2) is 38.8 Å². The summed E-state index contributed by atoms with van der Waals surface area (Å²) < 4.78 is 15.8. The van der Waals surface area contributed by atoms with Crippen LogP contribution in [-0.2, 0) is 9.59 Å². The van der Waals surface area contributed by atoms with Crippen LogP contribution in [0.2, 0.25) is 0 Å². The van der Waals surface area contributed by atoms with E-state index in [1.165, 1.54) is 6.08 Å². The van der Waals surface area contributed by atoms with Gasteiger partial charge < -0.3 is 24.4 Å². The van der Waals surface area contributed by atoms with Crippen LogP contribution in [0.5, 0.6) is 17.2 Å². The first-order valence-corrected chi connectivity index (χ1v) is 9.42. The van der Waals surface area contributed by atoms with Gasteiger partial charge in [0, 0.05) is 43.3 Å². The quantitative estimate of drug-likeness (QED) is 0.762. The molecule has 29 heavy (non-hydrogen) atoms. The highest BCUT2D eigenvalue weighted by atomic mass is 16.7. The van der Waals surface area contributed by atoms with Gasteiger partial charge in [0.2, 0.25) is 18.6 Å². The molecule has 7 heteroatoms. The maximum absolute atomic E-state index is 12.4. The minimum absolute atomic E-state index is 0.0388. The summed E-state index contributed by atoms with van der Waals surface area (Å²) in [6.45, 7) is 1.20. The molecule has 0 aromatic heterocycles. The largest absolute Gasteiger partial charge is 0.497 e. The topological polar surface area (TPSA) is 77.1 Å². The maximum Gasteiger partial charge on any atom is 0.244 e. The molecule has 0 saturated carbocycles. The molecule has 2 heterocycles. The summed E-state index contributed by atoms with van der Waals surface area (Å²) in [5, 5.41) is 2.88. The second kappa shape index (κ2) is 8.26. The van der Waals surface area contributed by atoms with Crippen molar-refractivity contribution in [1.29, 1.82) is 0 Å². The smallest absolute Gasteiger partial charge is 0.244 e. The molecule has 1 atom stereocenters. The number of hydrogen-bond acceptors (Lipinski definition) is 5. The van der Waals surface area contributed by atoms with Gasteiger partial charge in [-0.15, -0.1) is 0 Å². The molecule has 2 aliphatic rings. The Balaban J connectivity index is 1.29. The zero-order valence-corrected chi connectivity index (χ0v) is 16.1. The highest BCUT2D eigenvalue weighted by molar-refractivity contribution is 5.96. The number of methoxy groups -OCH3 is 1. The fraction of sp³-hybridized carbons (Fsp3) is 0.273. The summed E-state index contributed by atoms with van der Waals surface area (Å²) in [4.78, 5) is 26.2. The van der Waals surface area contributed by atoms with Crippen molar-refractivity contribution in [2.24, 2.45) is 5.92 Å². The van der Waals surface area contributed by atoms with Crippen LogP contribution in [0.1, 0.15) is 12.0 Å². The fourth-order valence-electron chi connectivity index (χ4n) is 3.41. The van der Waals surface area contributed by atoms with E-state index in [2.05, 4.69) is 5.32 Å². The zero-order valence-electron chi connectivity index (χ0n) is 16.1. The molecule has 1 N–H and O–H groups in total. The number of amides is 2. The number of hydrogen-bond donors (Lipinski definition) is 1. The van der Waals surface area contributed by atoms with E-state index in [1.54, 1.807) is 18.1 Å². The van der Waals surface area contributed by atoms with E-state index in [0.717, 1.165) is 17.0 Å². The number of nitrogens with zero attached hydrogens (tertiary/aromatic N) is 1. The minimum atomic E-state index is -0.185. The molecule has 1 saturated heterocycles. The second-order valence-corrected chi connectivity index (χ2v) is 6.96. The van der Waals surface area contributed by atoms with E-state index in [-0.39, 0.29) is 24.5 Å². The molecular formula is C22H22N2O5. The molecule has 2 aromatic carbocycles. The first-order valence-electron chi connectivity index (χ1n) is 9.42. The molecule has 1 fully saturated rings. The van der Waals surface area contributed by atoms with Gasteiger partial charge in [-0.2, -0.15) is 0 Å². The molecular weight excluding hydrogens is 372 g/mol. The molecule has 7 nitrogen and oxygen atoms in total. The summed E-state index contributed by atoms with van der Waals surface area (Å²) in [6.07, 6.45) is 3.64. The van der Waals surface area contributed by atoms with E-state index in [0.29, 0.717) is 31.0 Å². The van der Waals surface area contributed by atoms with Gasteiger partial charge in [0.05, 0.1) is 7.11 Å². The molecule has 4 rings (SSSR count). The number of nitrogens with one attached hydrogen (secondary N) is 1. The lowest BCUT2D eigenvalue weighted by molar-refractivity contribution is -0.118. The number of benzene rings is 2. The number of carbonyl (C=O) groups is 2. The lowest BCUT2D eigenvalue weighted by Crippen LogP contribution is -2.30. The van der Waals surface area contributed by atoms with Crippen molar-refractivity contribution in [2.75, 3.05) is 31.9 Å². The van der Waals surface area contributed by atoms with Crippen LogP contribution in [0.3, 0.4) is 0 Å². The Morgan fingerprint density at radius 2 is 2.00 bits per heavy atom. The van der Waals surface area contributed by atoms with E-state index < -0.39 is 0 Å². The van der Waals surface area contributed by atoms with E-state index in [9.17, 15) is 9.59 Å². The normalized spacial score (nSPS) is 17.8. The van der Waals surface area contributed by atoms with E-state index >= 15 is 0 Å². The highest BCUT2D eigenvalue weighted by Crippen LogP contribution is 2.37. The Morgan fingerprint density at radius 1 is 1.21 bits per heavy atom. The third kappa shape index (κ3) is 4.34. The third-order valence-corrected chi connectivity index (χ3v) is 4.98. The predicted molar refractivity (Wildman–Crippen MR) is 108 cm³/mol. The van der Waals surface area contributed by atoms with Crippen LogP contribution >= 0.6 is 0 Å². The van der Waals surface area contributed by atoms with Gasteiger partial charge in [0.15, 0.2) is 11.5 Å². The van der Waals surface area contributed by atoms with E-state index in [4.69, 9.17) is 14.2 Å². The van der Waals surface area contributed by atoms with Crippen molar-refractivity contribution in [2.45, 2.75) is 6.42 Å². The summed E-state index contributed by atoms with van der Waals surface area (Å²) in [6, 6.07) is 12.9. The molecule has 0 radical (unpaired) electrons. The molecule has 0 spiro atoms. The SMILES string of the molecule is COc1ccc(/C=C/C(=O)NCC2CC(=O)N(c3ccc4c(c3)OCO4)C2)cc1. The van der Waals surface area contributed by atoms with Crippen molar-refractivity contribution in [3.8, 4) is 17.2 Å². The summed E-state index contributed by atoms with van der Waals surface area (Å²) in [7, 11) is 1.61. The summed E-state index contributed by atoms with van der Waals surface area (Å²) in [5.74, 6) is 2.02. The molecule has 2 amide bonds. The number of ether oxygens (including phenoxy) is 3. The Morgan fingerprint density at radius 3 is 2.79 bits per heavy atom. The average molecular weight is 394 g/mol. The Bertz CT molecular complexity index is 939. The van der Waals surface area contributed by atoms with Gasteiger partial charge in [0.1, 0.15) is 5.75 Å². The lowest BCUT2D eigenvalue weighted by Gasteiger charge is -2.17. The molecule has 0 aliphatic carbocycles. The number of anilines is 1. The Hall–Kier alpha value is -3.48. The van der Waals surface area contributed by atoms with Crippen LogP contribution in [0.25, 0.3) is 6.08 Å². The second-order valence-electron chi connectivity index (χ2n) is 6.96. The zero-order chi connectivity index (χ0) is 20.2. The average Bonchev–Trinajstić information content (AvgIpc) is 3.36. The van der Waals surface area contributed by atoms with Gasteiger partial charge >= 0.3 is 0 Å². The van der Waals surface area contributed by atoms with Gasteiger partial charge in [-0.1, -0.05) is 12.1 Å². The molecule has 1 unspecified atom stereocenters. The number of carbonyl (C=O) groups excluding carboxylic acids is 2. The fourth-order valence-corrected chi connectivity index (χ4v) is 3.41. The number of fused-ring (bicyclic) bond motifs is 1. The van der Waals surface area contributed by atoms with Gasteiger partial charge in [0.25, 0.3) is 0 Å².